The Morgan fingerprint density at radius 3 is 2.00 bits per heavy atom. The van der Waals surface area contributed by atoms with Crippen molar-refractivity contribution in [3.63, 3.8) is 0 Å². The van der Waals surface area contributed by atoms with Gasteiger partial charge in [0.25, 0.3) is 0 Å². The molecule has 0 saturated heterocycles. The number of fused-ring (bicyclic) bond motifs is 3. The zero-order valence-corrected chi connectivity index (χ0v) is 37.3. The van der Waals surface area contributed by atoms with Gasteiger partial charge in [-0.2, -0.15) is 0 Å². The predicted octanol–water partition coefficient (Wildman–Crippen LogP) is 8.16. The highest BCUT2D eigenvalue weighted by atomic mass is 16.6. The standard InChI is InChI=1S/C54H59N3O9/c1-4-6-26-48(57-54(62)65-35-47-45-24-15-13-22-43(45)44-23-14-16-25-46(44)47)53(61)66-51(39-20-11-8-12-21-39)49(36-63-3)56-52(60)40(17-5-2)32-50(59)55-41(33-58)31-37-27-29-42(30-28-37)64-34-38-18-9-7-10-19-38/h4-5,7-16,18-25,27-30,40-41,47-49,51,58H,1-2,6,17,26,31-36H2,3H3,(H,55,59)(H,56,60)(H,57,62). The number of methoxy groups -OCH3 is 1. The zero-order valence-electron chi connectivity index (χ0n) is 37.3. The van der Waals surface area contributed by atoms with E-state index in [1.807, 2.05) is 97.1 Å². The molecule has 0 heterocycles. The maximum atomic E-state index is 14.1. The van der Waals surface area contributed by atoms with Crippen LogP contribution in [0.15, 0.2) is 159 Å². The molecule has 0 aromatic heterocycles. The van der Waals surface area contributed by atoms with Crippen molar-refractivity contribution >= 4 is 23.9 Å². The van der Waals surface area contributed by atoms with Crippen molar-refractivity contribution < 1.29 is 43.2 Å². The lowest BCUT2D eigenvalue weighted by Gasteiger charge is -2.30. The minimum Gasteiger partial charge on any atom is -0.489 e. The van der Waals surface area contributed by atoms with Crippen LogP contribution < -0.4 is 20.7 Å². The summed E-state index contributed by atoms with van der Waals surface area (Å²) in [6.07, 6.45) is 2.22. The summed E-state index contributed by atoms with van der Waals surface area (Å²) >= 11 is 0. The predicted molar refractivity (Wildman–Crippen MR) is 253 cm³/mol. The van der Waals surface area contributed by atoms with Gasteiger partial charge in [0.1, 0.15) is 31.1 Å². The van der Waals surface area contributed by atoms with Gasteiger partial charge in [0.05, 0.1) is 31.2 Å². The third-order valence-corrected chi connectivity index (χ3v) is 11.5. The van der Waals surface area contributed by atoms with Gasteiger partial charge in [0.2, 0.25) is 11.8 Å². The third kappa shape index (κ3) is 13.5. The first-order chi connectivity index (χ1) is 32.2. The number of rotatable bonds is 25. The summed E-state index contributed by atoms with van der Waals surface area (Å²) in [5.41, 5.74) is 6.79. The maximum Gasteiger partial charge on any atom is 0.407 e. The van der Waals surface area contributed by atoms with Crippen LogP contribution in [0.3, 0.4) is 0 Å². The van der Waals surface area contributed by atoms with E-state index in [0.29, 0.717) is 30.8 Å². The van der Waals surface area contributed by atoms with Crippen LogP contribution in [0, 0.1) is 5.92 Å². The summed E-state index contributed by atoms with van der Waals surface area (Å²) in [6, 6.07) is 39.6. The van der Waals surface area contributed by atoms with E-state index in [0.717, 1.165) is 33.4 Å². The monoisotopic (exact) mass is 893 g/mol. The molecular weight excluding hydrogens is 835 g/mol. The second-order valence-corrected chi connectivity index (χ2v) is 16.2. The second-order valence-electron chi connectivity index (χ2n) is 16.2. The van der Waals surface area contributed by atoms with Crippen molar-refractivity contribution in [3.8, 4) is 16.9 Å². The molecule has 1 aliphatic carbocycles. The molecule has 344 valence electrons. The van der Waals surface area contributed by atoms with E-state index in [4.69, 9.17) is 18.9 Å². The van der Waals surface area contributed by atoms with Gasteiger partial charge in [0, 0.05) is 19.4 Å². The molecule has 0 aliphatic heterocycles. The van der Waals surface area contributed by atoms with Gasteiger partial charge in [-0.1, -0.05) is 133 Å². The number of benzene rings is 5. The van der Waals surface area contributed by atoms with Crippen LogP contribution in [0.2, 0.25) is 0 Å². The number of aliphatic hydroxyl groups is 1. The Bertz CT molecular complexity index is 2330. The Morgan fingerprint density at radius 2 is 1.38 bits per heavy atom. The number of nitrogens with one attached hydrogen (secondary N) is 3. The van der Waals surface area contributed by atoms with Gasteiger partial charge < -0.3 is 40.0 Å². The second kappa shape index (κ2) is 24.9. The molecule has 12 nitrogen and oxygen atoms in total. The van der Waals surface area contributed by atoms with E-state index in [1.54, 1.807) is 36.4 Å². The summed E-state index contributed by atoms with van der Waals surface area (Å²) in [5.74, 6) is -2.01. The van der Waals surface area contributed by atoms with Gasteiger partial charge in [0.15, 0.2) is 0 Å². The summed E-state index contributed by atoms with van der Waals surface area (Å²) in [5, 5.41) is 18.8. The first kappa shape index (κ1) is 48.4. The number of esters is 1. The molecule has 12 heteroatoms. The van der Waals surface area contributed by atoms with Crippen molar-refractivity contribution in [2.24, 2.45) is 5.92 Å². The Morgan fingerprint density at radius 1 is 0.742 bits per heavy atom. The maximum absolute atomic E-state index is 14.1. The van der Waals surface area contributed by atoms with Gasteiger partial charge in [-0.3, -0.25) is 9.59 Å². The van der Waals surface area contributed by atoms with E-state index in [-0.39, 0.29) is 45.0 Å². The fourth-order valence-corrected chi connectivity index (χ4v) is 8.14. The Labute approximate surface area is 387 Å². The Kier molecular flexibility index (Phi) is 18.3. The third-order valence-electron chi connectivity index (χ3n) is 11.5. The van der Waals surface area contributed by atoms with Crippen LogP contribution in [-0.2, 0) is 41.6 Å². The number of aliphatic hydroxyl groups excluding tert-OH is 1. The van der Waals surface area contributed by atoms with Gasteiger partial charge in [-0.25, -0.2) is 9.59 Å². The highest BCUT2D eigenvalue weighted by Crippen LogP contribution is 2.44. The first-order valence-electron chi connectivity index (χ1n) is 22.2. The topological polar surface area (TPSA) is 162 Å². The summed E-state index contributed by atoms with van der Waals surface area (Å²) in [7, 11) is 1.46. The Balaban J connectivity index is 1.08. The SMILES string of the molecule is C=CCCC(NC(=O)OCC1c2ccccc2-c2ccccc21)C(=O)OC(c1ccccc1)C(COC)NC(=O)C(CC=C)CC(=O)NC(CO)Cc1ccc(OCc2ccccc2)cc1. The molecule has 6 rings (SSSR count). The minimum atomic E-state index is -1.12. The fourth-order valence-electron chi connectivity index (χ4n) is 8.14. The number of allylic oxidation sites excluding steroid dienone is 2. The van der Waals surface area contributed by atoms with Crippen LogP contribution in [0.5, 0.6) is 5.75 Å². The summed E-state index contributed by atoms with van der Waals surface area (Å²) in [6.45, 7) is 7.71. The molecule has 4 N–H and O–H groups in total. The molecule has 0 fully saturated rings. The summed E-state index contributed by atoms with van der Waals surface area (Å²) < 4.78 is 23.4. The number of hydrogen-bond donors (Lipinski definition) is 4. The number of ether oxygens (including phenoxy) is 4. The van der Waals surface area contributed by atoms with Crippen LogP contribution in [0.1, 0.15) is 65.5 Å². The van der Waals surface area contributed by atoms with Gasteiger partial charge >= 0.3 is 12.1 Å². The van der Waals surface area contributed by atoms with Crippen LogP contribution in [0.25, 0.3) is 11.1 Å². The van der Waals surface area contributed by atoms with Crippen molar-refractivity contribution in [2.45, 2.75) is 68.9 Å². The van der Waals surface area contributed by atoms with E-state index >= 15 is 0 Å². The average Bonchev–Trinajstić information content (AvgIpc) is 3.66. The highest BCUT2D eigenvalue weighted by molar-refractivity contribution is 5.86. The van der Waals surface area contributed by atoms with Gasteiger partial charge in [-0.05, 0) is 76.8 Å². The number of carbonyl (C=O) groups is 4. The number of alkyl carbamates (subject to hydrolysis) is 1. The molecule has 0 saturated carbocycles. The fraction of sp³-hybridized carbons (Fsp3) is 0.296. The van der Waals surface area contributed by atoms with E-state index in [2.05, 4.69) is 41.2 Å². The van der Waals surface area contributed by atoms with E-state index in [9.17, 15) is 24.3 Å². The molecule has 5 aromatic rings. The van der Waals surface area contributed by atoms with Gasteiger partial charge in [-0.15, -0.1) is 13.2 Å². The van der Waals surface area contributed by atoms with Crippen LogP contribution >= 0.6 is 0 Å². The molecule has 5 unspecified atom stereocenters. The molecule has 0 radical (unpaired) electrons. The lowest BCUT2D eigenvalue weighted by Crippen LogP contribution is -2.49. The van der Waals surface area contributed by atoms with Crippen molar-refractivity contribution in [2.75, 3.05) is 26.9 Å². The quantitative estimate of drug-likeness (QED) is 0.0335. The van der Waals surface area contributed by atoms with Crippen molar-refractivity contribution in [3.05, 3.63) is 187 Å². The normalized spacial score (nSPS) is 13.9. The van der Waals surface area contributed by atoms with E-state index < -0.39 is 54.0 Å². The average molecular weight is 894 g/mol. The zero-order chi connectivity index (χ0) is 46.7. The number of hydrogen-bond acceptors (Lipinski definition) is 9. The number of amides is 3. The largest absolute Gasteiger partial charge is 0.489 e. The highest BCUT2D eigenvalue weighted by Gasteiger charge is 2.35. The molecule has 5 aromatic carbocycles. The lowest BCUT2D eigenvalue weighted by molar-refractivity contribution is -0.155. The summed E-state index contributed by atoms with van der Waals surface area (Å²) in [4.78, 5) is 55.1. The number of carbonyl (C=O) groups excluding carboxylic acids is 4. The molecule has 66 heavy (non-hydrogen) atoms. The molecule has 0 bridgehead atoms. The molecule has 1 aliphatic rings. The molecule has 5 atom stereocenters. The smallest absolute Gasteiger partial charge is 0.407 e. The van der Waals surface area contributed by atoms with Crippen LogP contribution in [-0.4, -0.2) is 74.0 Å². The minimum absolute atomic E-state index is 0.0573. The van der Waals surface area contributed by atoms with Crippen LogP contribution in [0.4, 0.5) is 4.79 Å². The van der Waals surface area contributed by atoms with Crippen molar-refractivity contribution in [1.82, 2.24) is 16.0 Å². The van der Waals surface area contributed by atoms with E-state index in [1.165, 1.54) is 7.11 Å². The van der Waals surface area contributed by atoms with Crippen molar-refractivity contribution in [1.29, 1.82) is 0 Å². The molecule has 3 amide bonds. The first-order valence-corrected chi connectivity index (χ1v) is 22.2. The molecule has 0 spiro atoms. The lowest BCUT2D eigenvalue weighted by atomic mass is 9.97. The Hall–Kier alpha value is -7.02. The molecular formula is C54H59N3O9.